The van der Waals surface area contributed by atoms with E-state index in [0.717, 1.165) is 11.1 Å². The van der Waals surface area contributed by atoms with Crippen molar-refractivity contribution >= 4 is 15.9 Å². The Balaban J connectivity index is 2.13. The van der Waals surface area contributed by atoms with Crippen LogP contribution >= 0.6 is 15.9 Å². The summed E-state index contributed by atoms with van der Waals surface area (Å²) in [7, 11) is 0. The number of hydrogen-bond donors (Lipinski definition) is 0. The maximum atomic E-state index is 12.1. The molecule has 0 saturated heterocycles. The second-order valence-electron chi connectivity index (χ2n) is 5.13. The van der Waals surface area contributed by atoms with Crippen molar-refractivity contribution in [2.24, 2.45) is 0 Å². The highest BCUT2D eigenvalue weighted by atomic mass is 79.9. The fourth-order valence-corrected chi connectivity index (χ4v) is 2.67. The third-order valence-corrected chi connectivity index (χ3v) is 4.35. The summed E-state index contributed by atoms with van der Waals surface area (Å²) >= 11 is 3.64. The Labute approximate surface area is 132 Å². The van der Waals surface area contributed by atoms with Crippen molar-refractivity contribution in [3.05, 3.63) is 65.2 Å². The maximum Gasteiger partial charge on any atom is 0.387 e. The van der Waals surface area contributed by atoms with Gasteiger partial charge in [0.05, 0.1) is 4.83 Å². The summed E-state index contributed by atoms with van der Waals surface area (Å²) in [5.41, 5.74) is 3.41. The molecule has 0 aromatic heterocycles. The number of hydrogen-bond acceptors (Lipinski definition) is 1. The van der Waals surface area contributed by atoms with Crippen LogP contribution in [0.3, 0.4) is 0 Å². The first-order chi connectivity index (χ1) is 9.97. The summed E-state index contributed by atoms with van der Waals surface area (Å²) in [5, 5.41) is 0. The molecule has 112 valence electrons. The molecular formula is C17H17BrF2O. The molecule has 2 aromatic carbocycles. The zero-order valence-corrected chi connectivity index (χ0v) is 13.5. The Hall–Kier alpha value is -1.42. The first-order valence-corrected chi connectivity index (χ1v) is 7.67. The molecule has 0 radical (unpaired) electrons. The Kier molecular flexibility index (Phi) is 5.34. The van der Waals surface area contributed by atoms with Crippen LogP contribution in [0.5, 0.6) is 5.75 Å². The number of halogens is 3. The molecule has 21 heavy (non-hydrogen) atoms. The molecule has 0 aliphatic carbocycles. The SMILES string of the molecule is CC(C)c1ccc(C(Br)c2ccc(OC(F)F)cc2)cc1. The lowest BCUT2D eigenvalue weighted by atomic mass is 9.99. The highest BCUT2D eigenvalue weighted by molar-refractivity contribution is 9.09. The summed E-state index contributed by atoms with van der Waals surface area (Å²) in [6, 6.07) is 15.1. The van der Waals surface area contributed by atoms with E-state index in [1.165, 1.54) is 5.56 Å². The van der Waals surface area contributed by atoms with Crippen molar-refractivity contribution in [1.29, 1.82) is 0 Å². The van der Waals surface area contributed by atoms with Gasteiger partial charge in [0.15, 0.2) is 0 Å². The van der Waals surface area contributed by atoms with E-state index in [1.807, 2.05) is 0 Å². The average Bonchev–Trinajstić information content (AvgIpc) is 2.47. The van der Waals surface area contributed by atoms with Crippen LogP contribution in [0.15, 0.2) is 48.5 Å². The van der Waals surface area contributed by atoms with E-state index in [-0.39, 0.29) is 10.6 Å². The summed E-state index contributed by atoms with van der Waals surface area (Å²) in [5.74, 6) is 0.669. The molecule has 0 bridgehead atoms. The zero-order valence-electron chi connectivity index (χ0n) is 11.9. The normalized spacial score (nSPS) is 12.7. The van der Waals surface area contributed by atoms with E-state index < -0.39 is 6.61 Å². The lowest BCUT2D eigenvalue weighted by molar-refractivity contribution is -0.0498. The molecule has 1 unspecified atom stereocenters. The Morgan fingerprint density at radius 1 is 0.810 bits per heavy atom. The molecule has 4 heteroatoms. The van der Waals surface area contributed by atoms with Gasteiger partial charge in [0.1, 0.15) is 5.75 Å². The van der Waals surface area contributed by atoms with E-state index in [4.69, 9.17) is 0 Å². The molecular weight excluding hydrogens is 338 g/mol. The molecule has 0 saturated carbocycles. The first kappa shape index (κ1) is 16.0. The number of alkyl halides is 3. The van der Waals surface area contributed by atoms with Crippen molar-refractivity contribution < 1.29 is 13.5 Å². The highest BCUT2D eigenvalue weighted by Gasteiger charge is 2.11. The first-order valence-electron chi connectivity index (χ1n) is 6.76. The van der Waals surface area contributed by atoms with Gasteiger partial charge in [0.2, 0.25) is 0 Å². The van der Waals surface area contributed by atoms with Crippen LogP contribution in [0.2, 0.25) is 0 Å². The summed E-state index contributed by atoms with van der Waals surface area (Å²) < 4.78 is 28.6. The summed E-state index contributed by atoms with van der Waals surface area (Å²) in [4.78, 5) is 0.0271. The largest absolute Gasteiger partial charge is 0.435 e. The van der Waals surface area contributed by atoms with Gasteiger partial charge in [0.25, 0.3) is 0 Å². The van der Waals surface area contributed by atoms with E-state index >= 15 is 0 Å². The van der Waals surface area contributed by atoms with Gasteiger partial charge >= 0.3 is 6.61 Å². The van der Waals surface area contributed by atoms with Gasteiger partial charge in [-0.1, -0.05) is 66.2 Å². The van der Waals surface area contributed by atoms with Crippen LogP contribution in [0.1, 0.15) is 41.3 Å². The van der Waals surface area contributed by atoms with E-state index in [0.29, 0.717) is 5.92 Å². The van der Waals surface area contributed by atoms with Crippen molar-refractivity contribution in [1.82, 2.24) is 0 Å². The molecule has 0 aliphatic heterocycles. The van der Waals surface area contributed by atoms with Crippen molar-refractivity contribution in [3.8, 4) is 5.75 Å². The van der Waals surface area contributed by atoms with Crippen LogP contribution in [0.25, 0.3) is 0 Å². The Morgan fingerprint density at radius 2 is 1.24 bits per heavy atom. The quantitative estimate of drug-likeness (QED) is 0.607. The van der Waals surface area contributed by atoms with Crippen LogP contribution in [0.4, 0.5) is 8.78 Å². The van der Waals surface area contributed by atoms with Crippen LogP contribution in [-0.4, -0.2) is 6.61 Å². The molecule has 2 rings (SSSR count). The number of benzene rings is 2. The van der Waals surface area contributed by atoms with Gasteiger partial charge in [-0.05, 0) is 34.7 Å². The molecule has 0 N–H and O–H groups in total. The van der Waals surface area contributed by atoms with Crippen LogP contribution < -0.4 is 4.74 Å². The monoisotopic (exact) mass is 354 g/mol. The summed E-state index contributed by atoms with van der Waals surface area (Å²) in [6.45, 7) is 1.52. The van der Waals surface area contributed by atoms with E-state index in [9.17, 15) is 8.78 Å². The fourth-order valence-electron chi connectivity index (χ4n) is 2.06. The second-order valence-corrected chi connectivity index (χ2v) is 6.05. The highest BCUT2D eigenvalue weighted by Crippen LogP contribution is 2.32. The van der Waals surface area contributed by atoms with Crippen LogP contribution in [0, 0.1) is 0 Å². The lowest BCUT2D eigenvalue weighted by Gasteiger charge is -2.13. The lowest BCUT2D eigenvalue weighted by Crippen LogP contribution is -2.02. The molecule has 0 heterocycles. The molecule has 0 aliphatic rings. The predicted octanol–water partition coefficient (Wildman–Crippen LogP) is 5.90. The molecule has 0 amide bonds. The molecule has 1 atom stereocenters. The fraction of sp³-hybridized carbons (Fsp3) is 0.294. The minimum absolute atomic E-state index is 0.0271. The predicted molar refractivity (Wildman–Crippen MR) is 84.4 cm³/mol. The molecule has 2 aromatic rings. The number of rotatable bonds is 5. The van der Waals surface area contributed by atoms with Crippen LogP contribution in [-0.2, 0) is 0 Å². The maximum absolute atomic E-state index is 12.1. The standard InChI is InChI=1S/C17H17BrF2O/c1-11(2)12-3-5-13(6-4-12)16(18)14-7-9-15(10-8-14)21-17(19)20/h3-11,16-17H,1-2H3. The Morgan fingerprint density at radius 3 is 1.67 bits per heavy atom. The Bertz CT molecular complexity index is 564. The smallest absolute Gasteiger partial charge is 0.387 e. The van der Waals surface area contributed by atoms with Crippen molar-refractivity contribution in [2.45, 2.75) is 31.2 Å². The van der Waals surface area contributed by atoms with Crippen molar-refractivity contribution in [2.75, 3.05) is 0 Å². The third kappa shape index (κ3) is 4.27. The minimum Gasteiger partial charge on any atom is -0.435 e. The minimum atomic E-state index is -2.79. The van der Waals surface area contributed by atoms with E-state index in [2.05, 4.69) is 58.8 Å². The van der Waals surface area contributed by atoms with Gasteiger partial charge in [-0.3, -0.25) is 0 Å². The number of ether oxygens (including phenoxy) is 1. The van der Waals surface area contributed by atoms with Gasteiger partial charge in [-0.2, -0.15) is 8.78 Å². The topological polar surface area (TPSA) is 9.23 Å². The van der Waals surface area contributed by atoms with Gasteiger partial charge in [0, 0.05) is 0 Å². The zero-order chi connectivity index (χ0) is 15.4. The van der Waals surface area contributed by atoms with Gasteiger partial charge in [-0.15, -0.1) is 0 Å². The average molecular weight is 355 g/mol. The third-order valence-electron chi connectivity index (χ3n) is 3.29. The second kappa shape index (κ2) is 7.03. The molecule has 1 nitrogen and oxygen atoms in total. The molecule has 0 spiro atoms. The molecule has 0 fully saturated rings. The van der Waals surface area contributed by atoms with E-state index in [1.54, 1.807) is 24.3 Å². The summed E-state index contributed by atoms with van der Waals surface area (Å²) in [6.07, 6.45) is 0. The van der Waals surface area contributed by atoms with Crippen molar-refractivity contribution in [3.63, 3.8) is 0 Å². The van der Waals surface area contributed by atoms with Gasteiger partial charge < -0.3 is 4.74 Å². The van der Waals surface area contributed by atoms with Gasteiger partial charge in [-0.25, -0.2) is 0 Å².